The smallest absolute Gasteiger partial charge is 0.393 e. The number of ether oxygens (including phenoxy) is 1. The van der Waals surface area contributed by atoms with E-state index in [0.717, 1.165) is 0 Å². The Bertz CT molecular complexity index is 2730. The fraction of sp³-hybridized carbons (Fsp3) is 0.476. The summed E-state index contributed by atoms with van der Waals surface area (Å²) in [7, 11) is 3.25. The molecule has 3 aliphatic heterocycles. The van der Waals surface area contributed by atoms with Crippen molar-refractivity contribution in [3.63, 3.8) is 0 Å². The van der Waals surface area contributed by atoms with Crippen molar-refractivity contribution >= 4 is 74.0 Å². The van der Waals surface area contributed by atoms with E-state index in [1.165, 1.54) is 10.8 Å². The second-order valence-electron chi connectivity index (χ2n) is 17.5. The molecular formula is C42H42ClF5N10O4. The topological polar surface area (TPSA) is 160 Å². The van der Waals surface area contributed by atoms with Crippen LogP contribution in [-0.4, -0.2) is 80.0 Å². The van der Waals surface area contributed by atoms with Crippen LogP contribution >= 0.6 is 11.6 Å². The number of anilines is 5. The van der Waals surface area contributed by atoms with Crippen LogP contribution < -0.4 is 36.5 Å². The number of pyridine rings is 1. The Kier molecular flexibility index (Phi) is 9.39. The fourth-order valence-corrected chi connectivity index (χ4v) is 10.0. The number of imide groups is 1. The minimum absolute atomic E-state index is 0.0911. The number of alkyl halides is 5. The van der Waals surface area contributed by atoms with Gasteiger partial charge in [-0.1, -0.05) is 11.6 Å². The van der Waals surface area contributed by atoms with Gasteiger partial charge in [0.05, 0.1) is 46.5 Å². The van der Waals surface area contributed by atoms with E-state index in [1.807, 2.05) is 4.90 Å². The van der Waals surface area contributed by atoms with E-state index in [4.69, 9.17) is 16.3 Å². The molecule has 5 aromatic rings. The van der Waals surface area contributed by atoms with Crippen molar-refractivity contribution in [2.75, 3.05) is 40.5 Å². The standard InChI is InChI=1S/C42H42ClF5N10O4/c1-56-29-9-6-21(13-25(29)33-34(38(56)61)62-19-41(44,45)35(53-33)20-3-4-20)51-36-27(43)16-49-39(54-36)58-17-40(18-58)12-11-28(26(15-40)42(46,47)48)50-22-5-7-23-30(14-22)57(2)55-32(23)24-8-10-31(59)52-37(24)60/h5-7,9,13-14,16,20,24,26,28,35,50,53H,3-4,8,10-12,15,17-19H2,1-2H3,(H,49,51,54)(H,52,59,60)/t24?,26?,28-,35+/m1/s1. The Hall–Kier alpha value is -5.72. The molecule has 1 spiro atoms. The Morgan fingerprint density at radius 1 is 0.968 bits per heavy atom. The number of carbonyl (C=O) groups is 2. The van der Waals surface area contributed by atoms with Crippen LogP contribution in [0.3, 0.4) is 0 Å². The summed E-state index contributed by atoms with van der Waals surface area (Å²) in [6.45, 7) is -0.294. The van der Waals surface area contributed by atoms with Crippen LogP contribution in [0.1, 0.15) is 56.6 Å². The maximum atomic E-state index is 15.2. The maximum Gasteiger partial charge on any atom is 0.393 e. The number of halogens is 6. The van der Waals surface area contributed by atoms with Gasteiger partial charge in [0.2, 0.25) is 23.5 Å². The number of aryl methyl sites for hydroxylation is 2. The molecule has 4 atom stereocenters. The number of fused-ring (bicyclic) bond motifs is 4. The highest BCUT2D eigenvalue weighted by Crippen LogP contribution is 2.52. The van der Waals surface area contributed by atoms with Crippen molar-refractivity contribution in [1.29, 1.82) is 0 Å². The first kappa shape index (κ1) is 40.4. The lowest BCUT2D eigenvalue weighted by atomic mass is 9.63. The van der Waals surface area contributed by atoms with Crippen LogP contribution in [0.25, 0.3) is 21.8 Å². The summed E-state index contributed by atoms with van der Waals surface area (Å²) in [5, 5.41) is 17.6. The Morgan fingerprint density at radius 3 is 2.48 bits per heavy atom. The molecule has 2 amide bonds. The van der Waals surface area contributed by atoms with Gasteiger partial charge in [-0.15, -0.1) is 0 Å². The number of benzene rings is 2. The quantitative estimate of drug-likeness (QED) is 0.0985. The lowest BCUT2D eigenvalue weighted by molar-refractivity contribution is -0.196. The SMILES string of the molecule is Cn1nc(C2CCC(=O)NC2=O)c2ccc(N[C@@H]3CCC4(CC3C(F)(F)F)CN(c3ncc(Cl)c(Nc5ccc6c(c5)c5c(c(=O)n6C)OCC(F)(F)[C@H](C6CC6)N5)n3)C4)cc21. The first-order valence-corrected chi connectivity index (χ1v) is 21.0. The molecule has 0 radical (unpaired) electrons. The Balaban J connectivity index is 0.845. The minimum atomic E-state index is -4.47. The molecule has 326 valence electrons. The molecule has 4 fully saturated rings. The largest absolute Gasteiger partial charge is 0.480 e. The van der Waals surface area contributed by atoms with Gasteiger partial charge in [-0.25, -0.2) is 13.8 Å². The van der Waals surface area contributed by atoms with E-state index < -0.39 is 59.5 Å². The van der Waals surface area contributed by atoms with E-state index in [-0.39, 0.29) is 59.3 Å². The summed E-state index contributed by atoms with van der Waals surface area (Å²) in [6.07, 6.45) is -0.518. The number of aromatic nitrogens is 5. The molecule has 62 heavy (non-hydrogen) atoms. The van der Waals surface area contributed by atoms with Crippen LogP contribution in [0.4, 0.5) is 50.8 Å². The second kappa shape index (κ2) is 14.4. The van der Waals surface area contributed by atoms with E-state index in [0.29, 0.717) is 77.6 Å². The summed E-state index contributed by atoms with van der Waals surface area (Å²) in [6, 6.07) is 8.22. The van der Waals surface area contributed by atoms with Gasteiger partial charge in [-0.05, 0) is 80.8 Å². The molecule has 10 rings (SSSR count). The van der Waals surface area contributed by atoms with Crippen LogP contribution in [-0.2, 0) is 23.7 Å². The molecule has 2 aromatic carbocycles. The van der Waals surface area contributed by atoms with Crippen molar-refractivity contribution in [2.45, 2.75) is 75.0 Å². The lowest BCUT2D eigenvalue weighted by Crippen LogP contribution is -2.62. The number of carbonyl (C=O) groups excluding carboxylic acids is 2. The van der Waals surface area contributed by atoms with Gasteiger partial charge in [-0.2, -0.15) is 23.3 Å². The van der Waals surface area contributed by atoms with Crippen LogP contribution in [0.5, 0.6) is 5.75 Å². The Labute approximate surface area is 355 Å². The highest BCUT2D eigenvalue weighted by Gasteiger charge is 2.56. The van der Waals surface area contributed by atoms with E-state index in [2.05, 4.69) is 36.3 Å². The Morgan fingerprint density at radius 2 is 1.74 bits per heavy atom. The number of hydrogen-bond donors (Lipinski definition) is 4. The van der Waals surface area contributed by atoms with Gasteiger partial charge in [-0.3, -0.25) is 24.4 Å². The number of piperidine rings is 1. The summed E-state index contributed by atoms with van der Waals surface area (Å²) in [5.41, 5.74) is 1.70. The van der Waals surface area contributed by atoms with Crippen molar-refractivity contribution in [3.8, 4) is 5.75 Å². The number of hydrogen-bond acceptors (Lipinski definition) is 11. The molecule has 2 saturated heterocycles. The molecule has 3 aromatic heterocycles. The molecule has 14 nitrogen and oxygen atoms in total. The second-order valence-corrected chi connectivity index (χ2v) is 18.0. The van der Waals surface area contributed by atoms with Gasteiger partial charge >= 0.3 is 12.1 Å². The van der Waals surface area contributed by atoms with Gasteiger partial charge in [0.1, 0.15) is 5.02 Å². The van der Waals surface area contributed by atoms with Gasteiger partial charge in [0.25, 0.3) is 5.56 Å². The van der Waals surface area contributed by atoms with Gasteiger partial charge in [0.15, 0.2) is 12.4 Å². The summed E-state index contributed by atoms with van der Waals surface area (Å²) >= 11 is 6.56. The molecule has 5 aliphatic rings. The predicted octanol–water partition coefficient (Wildman–Crippen LogP) is 7.00. The molecule has 2 saturated carbocycles. The number of rotatable bonds is 7. The molecule has 6 heterocycles. The van der Waals surface area contributed by atoms with E-state index in [1.54, 1.807) is 55.2 Å². The van der Waals surface area contributed by atoms with Gasteiger partial charge < -0.3 is 30.2 Å². The van der Waals surface area contributed by atoms with Crippen molar-refractivity contribution in [1.82, 2.24) is 29.6 Å². The zero-order chi connectivity index (χ0) is 43.5. The molecule has 2 unspecified atom stereocenters. The molecule has 2 aliphatic carbocycles. The van der Waals surface area contributed by atoms with Crippen molar-refractivity contribution in [2.24, 2.45) is 31.3 Å². The highest BCUT2D eigenvalue weighted by molar-refractivity contribution is 6.33. The van der Waals surface area contributed by atoms with E-state index in [9.17, 15) is 27.6 Å². The van der Waals surface area contributed by atoms with Crippen LogP contribution in [0, 0.1) is 17.3 Å². The third-order valence-corrected chi connectivity index (χ3v) is 13.6. The zero-order valence-electron chi connectivity index (χ0n) is 33.6. The summed E-state index contributed by atoms with van der Waals surface area (Å²) < 4.78 is 83.2. The summed E-state index contributed by atoms with van der Waals surface area (Å²) in [4.78, 5) is 48.4. The fourth-order valence-electron chi connectivity index (χ4n) is 9.90. The normalized spacial score (nSPS) is 24.5. The molecule has 4 N–H and O–H groups in total. The van der Waals surface area contributed by atoms with E-state index >= 15 is 8.78 Å². The lowest BCUT2D eigenvalue weighted by Gasteiger charge is -2.55. The third kappa shape index (κ3) is 7.01. The van der Waals surface area contributed by atoms with Crippen LogP contribution in [0.2, 0.25) is 5.02 Å². The molecule has 20 heteroatoms. The third-order valence-electron chi connectivity index (χ3n) is 13.3. The van der Waals surface area contributed by atoms with Crippen molar-refractivity contribution < 1.29 is 36.3 Å². The average Bonchev–Trinajstić information content (AvgIpc) is 4.02. The summed E-state index contributed by atoms with van der Waals surface area (Å²) in [5.74, 6) is -6.08. The first-order chi connectivity index (χ1) is 29.5. The first-order valence-electron chi connectivity index (χ1n) is 20.6. The number of amides is 2. The van der Waals surface area contributed by atoms with Crippen molar-refractivity contribution in [3.05, 3.63) is 63.7 Å². The highest BCUT2D eigenvalue weighted by atomic mass is 35.5. The molecular weight excluding hydrogens is 839 g/mol. The minimum Gasteiger partial charge on any atom is -0.480 e. The maximum absolute atomic E-state index is 15.2. The average molecular weight is 881 g/mol. The monoisotopic (exact) mass is 880 g/mol. The van der Waals surface area contributed by atoms with Gasteiger partial charge in [0, 0.05) is 67.2 Å². The van der Waals surface area contributed by atoms with Crippen LogP contribution in [0.15, 0.2) is 47.4 Å². The predicted molar refractivity (Wildman–Crippen MR) is 221 cm³/mol. The molecule has 0 bridgehead atoms. The number of nitrogens with zero attached hydrogens (tertiary/aromatic N) is 6. The number of nitrogens with one attached hydrogen (secondary N) is 4. The zero-order valence-corrected chi connectivity index (χ0v) is 34.3.